The molecule has 0 saturated carbocycles. The van der Waals surface area contributed by atoms with E-state index < -0.39 is 0 Å². The minimum absolute atomic E-state index is 0.0448. The third-order valence-corrected chi connectivity index (χ3v) is 2.19. The lowest BCUT2D eigenvalue weighted by molar-refractivity contribution is -0.115. The summed E-state index contributed by atoms with van der Waals surface area (Å²) in [5.41, 5.74) is 2.81. The fourth-order valence-electron chi connectivity index (χ4n) is 1.43. The van der Waals surface area contributed by atoms with Crippen LogP contribution in [0, 0.1) is 0 Å². The molecular formula is C10H12N2O. The quantitative estimate of drug-likeness (QED) is 0.707. The lowest BCUT2D eigenvalue weighted by Gasteiger charge is -2.05. The molecule has 0 saturated heterocycles. The second-order valence-corrected chi connectivity index (χ2v) is 3.61. The Morgan fingerprint density at radius 3 is 2.92 bits per heavy atom. The second-order valence-electron chi connectivity index (χ2n) is 3.61. The molecule has 0 unspecified atom stereocenters. The van der Waals surface area contributed by atoms with Crippen LogP contribution < -0.4 is 5.32 Å². The van der Waals surface area contributed by atoms with Crippen molar-refractivity contribution in [3.63, 3.8) is 0 Å². The van der Waals surface area contributed by atoms with Gasteiger partial charge in [-0.15, -0.1) is 0 Å². The van der Waals surface area contributed by atoms with E-state index in [0.29, 0.717) is 12.3 Å². The molecule has 0 atom stereocenters. The van der Waals surface area contributed by atoms with Crippen LogP contribution in [0.3, 0.4) is 0 Å². The van der Waals surface area contributed by atoms with Gasteiger partial charge in [-0.3, -0.25) is 9.78 Å². The number of aromatic nitrogens is 1. The highest BCUT2D eigenvalue weighted by Gasteiger charge is 2.19. The van der Waals surface area contributed by atoms with Gasteiger partial charge in [0, 0.05) is 5.69 Å². The van der Waals surface area contributed by atoms with Crippen LogP contribution in [0.15, 0.2) is 12.1 Å². The Kier molecular flexibility index (Phi) is 1.79. The highest BCUT2D eigenvalue weighted by atomic mass is 16.1. The molecule has 3 nitrogen and oxygen atoms in total. The Morgan fingerprint density at radius 1 is 1.46 bits per heavy atom. The number of carbonyl (C=O) groups is 1. The first-order chi connectivity index (χ1) is 6.16. The monoisotopic (exact) mass is 176 g/mol. The Labute approximate surface area is 77.2 Å². The summed E-state index contributed by atoms with van der Waals surface area (Å²) in [5.74, 6) is 0.462. The van der Waals surface area contributed by atoms with Gasteiger partial charge in [0.2, 0.25) is 5.91 Å². The lowest BCUT2D eigenvalue weighted by atomic mass is 10.1. The van der Waals surface area contributed by atoms with Gasteiger partial charge in [-0.25, -0.2) is 0 Å². The van der Waals surface area contributed by atoms with Gasteiger partial charge in [0.25, 0.3) is 0 Å². The number of hydrogen-bond acceptors (Lipinski definition) is 2. The van der Waals surface area contributed by atoms with Crippen molar-refractivity contribution in [2.75, 3.05) is 5.32 Å². The SMILES string of the molecule is CC(C)c1ccc2c(n1)CC(=O)N2. The van der Waals surface area contributed by atoms with Crippen LogP contribution in [0.25, 0.3) is 0 Å². The van der Waals surface area contributed by atoms with E-state index in [1.807, 2.05) is 12.1 Å². The molecule has 2 heterocycles. The Hall–Kier alpha value is -1.38. The number of nitrogens with one attached hydrogen (secondary N) is 1. The van der Waals surface area contributed by atoms with Gasteiger partial charge in [-0.1, -0.05) is 13.8 Å². The van der Waals surface area contributed by atoms with Gasteiger partial charge in [-0.05, 0) is 18.1 Å². The highest BCUT2D eigenvalue weighted by Crippen LogP contribution is 2.23. The Balaban J connectivity index is 2.40. The van der Waals surface area contributed by atoms with Crippen LogP contribution in [0.2, 0.25) is 0 Å². The second kappa shape index (κ2) is 2.83. The van der Waals surface area contributed by atoms with Gasteiger partial charge in [0.05, 0.1) is 17.8 Å². The third kappa shape index (κ3) is 1.41. The maximum absolute atomic E-state index is 11.0. The molecule has 1 aromatic rings. The summed E-state index contributed by atoms with van der Waals surface area (Å²) in [6, 6.07) is 3.90. The number of nitrogens with zero attached hydrogens (tertiary/aromatic N) is 1. The van der Waals surface area contributed by atoms with Crippen molar-refractivity contribution in [2.45, 2.75) is 26.2 Å². The van der Waals surface area contributed by atoms with Crippen molar-refractivity contribution in [1.82, 2.24) is 4.98 Å². The Morgan fingerprint density at radius 2 is 2.23 bits per heavy atom. The lowest BCUT2D eigenvalue weighted by Crippen LogP contribution is -2.03. The zero-order chi connectivity index (χ0) is 9.42. The number of hydrogen-bond donors (Lipinski definition) is 1. The summed E-state index contributed by atoms with van der Waals surface area (Å²) in [5, 5.41) is 2.76. The van der Waals surface area contributed by atoms with Crippen LogP contribution in [0.5, 0.6) is 0 Å². The first kappa shape index (κ1) is 8.23. The van der Waals surface area contributed by atoms with E-state index >= 15 is 0 Å². The molecule has 0 aliphatic carbocycles. The molecule has 0 fully saturated rings. The minimum atomic E-state index is 0.0448. The molecule has 1 aliphatic rings. The maximum Gasteiger partial charge on any atom is 0.230 e. The number of fused-ring (bicyclic) bond motifs is 1. The molecule has 0 aromatic carbocycles. The molecule has 1 aliphatic heterocycles. The van der Waals surface area contributed by atoms with Crippen LogP contribution in [0.4, 0.5) is 5.69 Å². The van der Waals surface area contributed by atoms with Gasteiger partial charge in [0.1, 0.15) is 0 Å². The number of amides is 1. The van der Waals surface area contributed by atoms with E-state index in [2.05, 4.69) is 24.1 Å². The fourth-order valence-corrected chi connectivity index (χ4v) is 1.43. The van der Waals surface area contributed by atoms with Gasteiger partial charge in [-0.2, -0.15) is 0 Å². The standard InChI is InChI=1S/C10H12N2O/c1-6(2)7-3-4-8-9(11-7)5-10(13)12-8/h3-4,6H,5H2,1-2H3,(H,12,13). The summed E-state index contributed by atoms with van der Waals surface area (Å²) in [4.78, 5) is 15.4. The van der Waals surface area contributed by atoms with Crippen molar-refractivity contribution in [3.8, 4) is 0 Å². The van der Waals surface area contributed by atoms with Gasteiger partial charge < -0.3 is 5.32 Å². The summed E-state index contributed by atoms with van der Waals surface area (Å²) >= 11 is 0. The number of anilines is 1. The molecule has 3 heteroatoms. The maximum atomic E-state index is 11.0. The van der Waals surface area contributed by atoms with Crippen LogP contribution in [-0.4, -0.2) is 10.9 Å². The molecule has 2 rings (SSSR count). The molecule has 13 heavy (non-hydrogen) atoms. The van der Waals surface area contributed by atoms with Crippen LogP contribution in [0.1, 0.15) is 31.2 Å². The van der Waals surface area contributed by atoms with E-state index in [0.717, 1.165) is 17.1 Å². The largest absolute Gasteiger partial charge is 0.324 e. The third-order valence-electron chi connectivity index (χ3n) is 2.19. The summed E-state index contributed by atoms with van der Waals surface area (Å²) in [6.07, 6.45) is 0.426. The Bertz CT molecular complexity index is 358. The van der Waals surface area contributed by atoms with Gasteiger partial charge >= 0.3 is 0 Å². The van der Waals surface area contributed by atoms with Crippen molar-refractivity contribution >= 4 is 11.6 Å². The molecule has 68 valence electrons. The molecular weight excluding hydrogens is 164 g/mol. The predicted octanol–water partition coefficient (Wildman–Crippen LogP) is 1.70. The van der Waals surface area contributed by atoms with E-state index in [1.54, 1.807) is 0 Å². The van der Waals surface area contributed by atoms with Crippen molar-refractivity contribution in [3.05, 3.63) is 23.5 Å². The first-order valence-corrected chi connectivity index (χ1v) is 4.46. The smallest absolute Gasteiger partial charge is 0.230 e. The molecule has 0 radical (unpaired) electrons. The summed E-state index contributed by atoms with van der Waals surface area (Å²) in [7, 11) is 0. The summed E-state index contributed by atoms with van der Waals surface area (Å²) in [6.45, 7) is 4.19. The topological polar surface area (TPSA) is 42.0 Å². The van der Waals surface area contributed by atoms with Gasteiger partial charge in [0.15, 0.2) is 0 Å². The van der Waals surface area contributed by atoms with Crippen molar-refractivity contribution < 1.29 is 4.79 Å². The number of rotatable bonds is 1. The zero-order valence-electron chi connectivity index (χ0n) is 7.79. The van der Waals surface area contributed by atoms with Crippen molar-refractivity contribution in [1.29, 1.82) is 0 Å². The fraction of sp³-hybridized carbons (Fsp3) is 0.400. The normalized spacial score (nSPS) is 14.5. The van der Waals surface area contributed by atoms with E-state index in [-0.39, 0.29) is 5.91 Å². The molecule has 1 N–H and O–H groups in total. The first-order valence-electron chi connectivity index (χ1n) is 4.46. The predicted molar refractivity (Wildman–Crippen MR) is 50.7 cm³/mol. The minimum Gasteiger partial charge on any atom is -0.324 e. The molecule has 1 aromatic heterocycles. The summed E-state index contributed by atoms with van der Waals surface area (Å²) < 4.78 is 0. The average Bonchev–Trinajstić information content (AvgIpc) is 2.42. The molecule has 0 spiro atoms. The zero-order valence-corrected chi connectivity index (χ0v) is 7.79. The molecule has 0 bridgehead atoms. The molecule has 1 amide bonds. The average molecular weight is 176 g/mol. The van der Waals surface area contributed by atoms with Crippen LogP contribution in [-0.2, 0) is 11.2 Å². The number of carbonyl (C=O) groups excluding carboxylic acids is 1. The van der Waals surface area contributed by atoms with E-state index in [4.69, 9.17) is 0 Å². The van der Waals surface area contributed by atoms with Crippen molar-refractivity contribution in [2.24, 2.45) is 0 Å². The van der Waals surface area contributed by atoms with E-state index in [9.17, 15) is 4.79 Å². The van der Waals surface area contributed by atoms with Crippen LogP contribution >= 0.6 is 0 Å². The number of pyridine rings is 1. The van der Waals surface area contributed by atoms with E-state index in [1.165, 1.54) is 0 Å². The highest BCUT2D eigenvalue weighted by molar-refractivity contribution is 5.98.